The minimum Gasteiger partial charge on any atom is -0.340 e. The summed E-state index contributed by atoms with van der Waals surface area (Å²) in [6.07, 6.45) is 3.26. The van der Waals surface area contributed by atoms with E-state index in [4.69, 9.17) is 10.3 Å². The van der Waals surface area contributed by atoms with Gasteiger partial charge in [0.25, 0.3) is 0 Å². The van der Waals surface area contributed by atoms with Crippen LogP contribution < -0.4 is 5.73 Å². The van der Waals surface area contributed by atoms with E-state index in [0.717, 1.165) is 24.4 Å². The number of H-pyrrole nitrogens is 1. The summed E-state index contributed by atoms with van der Waals surface area (Å²) < 4.78 is 5.07. The Bertz CT molecular complexity index is 433. The van der Waals surface area contributed by atoms with Crippen LogP contribution in [0.2, 0.25) is 0 Å². The monoisotopic (exact) mass is 207 g/mol. The lowest BCUT2D eigenvalue weighted by atomic mass is 10.3. The summed E-state index contributed by atoms with van der Waals surface area (Å²) in [6.45, 7) is 2.50. The van der Waals surface area contributed by atoms with Gasteiger partial charge in [-0.3, -0.25) is 0 Å². The van der Waals surface area contributed by atoms with Crippen molar-refractivity contribution in [2.24, 2.45) is 5.73 Å². The van der Waals surface area contributed by atoms with E-state index < -0.39 is 0 Å². The Labute approximate surface area is 86.9 Å². The molecule has 6 nitrogen and oxygen atoms in total. The molecule has 0 radical (unpaired) electrons. The van der Waals surface area contributed by atoms with Gasteiger partial charge in [0.1, 0.15) is 11.5 Å². The van der Waals surface area contributed by atoms with Crippen molar-refractivity contribution in [2.45, 2.75) is 19.8 Å². The molecule has 0 atom stereocenters. The molecule has 0 spiro atoms. The van der Waals surface area contributed by atoms with Crippen molar-refractivity contribution in [2.75, 3.05) is 6.54 Å². The molecule has 0 bridgehead atoms. The third kappa shape index (κ3) is 2.21. The molecule has 2 heterocycles. The first-order valence-corrected chi connectivity index (χ1v) is 4.84. The SMILES string of the molecule is Cc1ncc(-c2noc(CCCN)n2)[nH]1. The molecule has 15 heavy (non-hydrogen) atoms. The lowest BCUT2D eigenvalue weighted by molar-refractivity contribution is 0.376. The van der Waals surface area contributed by atoms with Gasteiger partial charge in [0.05, 0.1) is 6.20 Å². The van der Waals surface area contributed by atoms with E-state index >= 15 is 0 Å². The minimum atomic E-state index is 0.544. The van der Waals surface area contributed by atoms with Crippen LogP contribution in [0.3, 0.4) is 0 Å². The molecule has 2 rings (SSSR count). The van der Waals surface area contributed by atoms with Crippen LogP contribution in [0.4, 0.5) is 0 Å². The van der Waals surface area contributed by atoms with Gasteiger partial charge in [0.2, 0.25) is 11.7 Å². The van der Waals surface area contributed by atoms with Gasteiger partial charge < -0.3 is 15.2 Å². The Kier molecular flexibility index (Phi) is 2.77. The average molecular weight is 207 g/mol. The summed E-state index contributed by atoms with van der Waals surface area (Å²) in [5.74, 6) is 1.99. The molecule has 0 aliphatic heterocycles. The summed E-state index contributed by atoms with van der Waals surface area (Å²) in [5, 5.41) is 3.85. The Hall–Kier alpha value is -1.69. The standard InChI is InChI=1S/C9H13N5O/c1-6-11-5-7(12-6)9-13-8(15-14-9)3-2-4-10/h5H,2-4,10H2,1H3,(H,11,12). The molecular weight excluding hydrogens is 194 g/mol. The minimum absolute atomic E-state index is 0.544. The molecule has 0 aliphatic carbocycles. The predicted octanol–water partition coefficient (Wildman–Crippen LogP) is 0.659. The summed E-state index contributed by atoms with van der Waals surface area (Å²) in [6, 6.07) is 0. The van der Waals surface area contributed by atoms with Crippen LogP contribution in [0, 0.1) is 6.92 Å². The van der Waals surface area contributed by atoms with Crippen molar-refractivity contribution in [3.05, 3.63) is 17.9 Å². The molecular formula is C9H13N5O. The van der Waals surface area contributed by atoms with Crippen LogP contribution in [0.15, 0.2) is 10.7 Å². The summed E-state index contributed by atoms with van der Waals surface area (Å²) in [5.41, 5.74) is 6.16. The topological polar surface area (TPSA) is 93.6 Å². The molecule has 0 saturated heterocycles. The van der Waals surface area contributed by atoms with Crippen molar-refractivity contribution in [3.8, 4) is 11.5 Å². The second-order valence-corrected chi connectivity index (χ2v) is 3.29. The maximum absolute atomic E-state index is 5.39. The Morgan fingerprint density at radius 1 is 1.53 bits per heavy atom. The van der Waals surface area contributed by atoms with Crippen LogP contribution in [0.5, 0.6) is 0 Å². The van der Waals surface area contributed by atoms with E-state index in [-0.39, 0.29) is 0 Å². The molecule has 2 aromatic heterocycles. The highest BCUT2D eigenvalue weighted by molar-refractivity contribution is 5.46. The van der Waals surface area contributed by atoms with Crippen LogP contribution in [0.1, 0.15) is 18.1 Å². The number of aromatic nitrogens is 4. The van der Waals surface area contributed by atoms with E-state index in [0.29, 0.717) is 18.3 Å². The number of nitrogens with one attached hydrogen (secondary N) is 1. The van der Waals surface area contributed by atoms with Gasteiger partial charge in [-0.15, -0.1) is 0 Å². The molecule has 0 fully saturated rings. The molecule has 80 valence electrons. The Morgan fingerprint density at radius 3 is 3.07 bits per heavy atom. The summed E-state index contributed by atoms with van der Waals surface area (Å²) >= 11 is 0. The molecule has 0 aromatic carbocycles. The number of aromatic amines is 1. The molecule has 0 aliphatic rings. The van der Waals surface area contributed by atoms with Gasteiger partial charge in [0.15, 0.2) is 0 Å². The van der Waals surface area contributed by atoms with Crippen molar-refractivity contribution in [1.82, 2.24) is 20.1 Å². The molecule has 6 heteroatoms. The van der Waals surface area contributed by atoms with E-state index in [2.05, 4.69) is 20.1 Å². The van der Waals surface area contributed by atoms with Gasteiger partial charge in [-0.1, -0.05) is 5.16 Å². The van der Waals surface area contributed by atoms with Crippen molar-refractivity contribution in [1.29, 1.82) is 0 Å². The second-order valence-electron chi connectivity index (χ2n) is 3.29. The van der Waals surface area contributed by atoms with Gasteiger partial charge in [-0.25, -0.2) is 4.98 Å². The fourth-order valence-corrected chi connectivity index (χ4v) is 1.25. The maximum Gasteiger partial charge on any atom is 0.227 e. The molecule has 3 N–H and O–H groups in total. The number of nitrogens with two attached hydrogens (primary N) is 1. The van der Waals surface area contributed by atoms with Crippen LogP contribution in [-0.4, -0.2) is 26.7 Å². The zero-order chi connectivity index (χ0) is 10.7. The molecule has 0 amide bonds. The highest BCUT2D eigenvalue weighted by Gasteiger charge is 2.09. The van der Waals surface area contributed by atoms with Crippen LogP contribution in [-0.2, 0) is 6.42 Å². The number of rotatable bonds is 4. The second kappa shape index (κ2) is 4.22. The number of aryl methyl sites for hydroxylation is 2. The van der Waals surface area contributed by atoms with Crippen molar-refractivity contribution >= 4 is 0 Å². The fraction of sp³-hybridized carbons (Fsp3) is 0.444. The van der Waals surface area contributed by atoms with E-state index in [1.165, 1.54) is 0 Å². The smallest absolute Gasteiger partial charge is 0.227 e. The summed E-state index contributed by atoms with van der Waals surface area (Å²) in [4.78, 5) is 11.3. The fourth-order valence-electron chi connectivity index (χ4n) is 1.25. The molecule has 0 saturated carbocycles. The summed E-state index contributed by atoms with van der Waals surface area (Å²) in [7, 11) is 0. The van der Waals surface area contributed by atoms with Crippen molar-refractivity contribution in [3.63, 3.8) is 0 Å². The first-order valence-electron chi connectivity index (χ1n) is 4.84. The van der Waals surface area contributed by atoms with E-state index in [1.54, 1.807) is 6.20 Å². The number of imidazole rings is 1. The lowest BCUT2D eigenvalue weighted by Crippen LogP contribution is -2.00. The largest absolute Gasteiger partial charge is 0.340 e. The Morgan fingerprint density at radius 2 is 2.40 bits per heavy atom. The normalized spacial score (nSPS) is 10.8. The maximum atomic E-state index is 5.39. The number of nitrogens with zero attached hydrogens (tertiary/aromatic N) is 3. The van der Waals surface area contributed by atoms with E-state index in [9.17, 15) is 0 Å². The van der Waals surface area contributed by atoms with Crippen LogP contribution in [0.25, 0.3) is 11.5 Å². The highest BCUT2D eigenvalue weighted by atomic mass is 16.5. The first-order chi connectivity index (χ1) is 7.29. The molecule has 2 aromatic rings. The number of hydrogen-bond acceptors (Lipinski definition) is 5. The van der Waals surface area contributed by atoms with Gasteiger partial charge in [0, 0.05) is 6.42 Å². The lowest BCUT2D eigenvalue weighted by Gasteiger charge is -1.88. The zero-order valence-electron chi connectivity index (χ0n) is 8.53. The van der Waals surface area contributed by atoms with Crippen LogP contribution >= 0.6 is 0 Å². The highest BCUT2D eigenvalue weighted by Crippen LogP contribution is 2.13. The van der Waals surface area contributed by atoms with Gasteiger partial charge >= 0.3 is 0 Å². The van der Waals surface area contributed by atoms with Gasteiger partial charge in [-0.2, -0.15) is 4.98 Å². The Balaban J connectivity index is 2.13. The average Bonchev–Trinajstić information content (AvgIpc) is 2.83. The quantitative estimate of drug-likeness (QED) is 0.768. The van der Waals surface area contributed by atoms with E-state index in [1.807, 2.05) is 6.92 Å². The molecule has 0 unspecified atom stereocenters. The van der Waals surface area contributed by atoms with Gasteiger partial charge in [-0.05, 0) is 19.9 Å². The number of hydrogen-bond donors (Lipinski definition) is 2. The first kappa shape index (κ1) is 9.85. The third-order valence-corrected chi connectivity index (χ3v) is 2.01. The predicted molar refractivity (Wildman–Crippen MR) is 54.0 cm³/mol. The third-order valence-electron chi connectivity index (χ3n) is 2.01. The zero-order valence-corrected chi connectivity index (χ0v) is 8.53. The van der Waals surface area contributed by atoms with Crippen molar-refractivity contribution < 1.29 is 4.52 Å².